The fourth-order valence-electron chi connectivity index (χ4n) is 4.04. The number of rotatable bonds is 11. The van der Waals surface area contributed by atoms with Gasteiger partial charge in [-0.15, -0.1) is 22.7 Å². The molecule has 2 N–H and O–H groups in total. The first-order valence-corrected chi connectivity index (χ1v) is 15.8. The topological polar surface area (TPSA) is 114 Å². The molecule has 9 nitrogen and oxygen atoms in total. The number of carboxylic acids is 1. The zero-order valence-corrected chi connectivity index (χ0v) is 27.3. The van der Waals surface area contributed by atoms with Crippen molar-refractivity contribution in [2.75, 3.05) is 25.5 Å². The third-order valence-electron chi connectivity index (χ3n) is 6.03. The van der Waals surface area contributed by atoms with Crippen molar-refractivity contribution in [3.63, 3.8) is 0 Å². The Morgan fingerprint density at radius 3 is 2.56 bits per heavy atom. The molecule has 228 valence electrons. The molecule has 0 spiro atoms. The Morgan fingerprint density at radius 1 is 1.16 bits per heavy atom. The number of thiophene rings is 1. The third kappa shape index (κ3) is 8.68. The second kappa shape index (κ2) is 13.7. The summed E-state index contributed by atoms with van der Waals surface area (Å²) < 4.78 is 11.2. The summed E-state index contributed by atoms with van der Waals surface area (Å²) >= 11 is 9.58. The summed E-state index contributed by atoms with van der Waals surface area (Å²) in [6.45, 7) is 10.3. The van der Waals surface area contributed by atoms with Crippen LogP contribution in [0.5, 0.6) is 5.75 Å². The molecule has 0 fully saturated rings. The molecule has 0 aliphatic rings. The number of nitrogens with zero attached hydrogens (tertiary/aromatic N) is 3. The van der Waals surface area contributed by atoms with Crippen LogP contribution in [0.1, 0.15) is 49.9 Å². The van der Waals surface area contributed by atoms with Gasteiger partial charge in [-0.2, -0.15) is 0 Å². The smallest absolute Gasteiger partial charge is 0.410 e. The van der Waals surface area contributed by atoms with Crippen LogP contribution in [0, 0.1) is 5.92 Å². The Kier molecular flexibility index (Phi) is 10.3. The highest BCUT2D eigenvalue weighted by molar-refractivity contribution is 7.16. The van der Waals surface area contributed by atoms with E-state index in [2.05, 4.69) is 24.1 Å². The Bertz CT molecular complexity index is 1580. The number of thiazole rings is 1. The van der Waals surface area contributed by atoms with Gasteiger partial charge in [0, 0.05) is 34.1 Å². The normalized spacial score (nSPS) is 11.4. The summed E-state index contributed by atoms with van der Waals surface area (Å²) in [5, 5.41) is 15.9. The summed E-state index contributed by atoms with van der Waals surface area (Å²) in [5.74, 6) is 0.00239. The van der Waals surface area contributed by atoms with E-state index in [4.69, 9.17) is 26.1 Å². The van der Waals surface area contributed by atoms with E-state index in [1.807, 2.05) is 44.4 Å². The minimum atomic E-state index is -1.08. The van der Waals surface area contributed by atoms with Crippen LogP contribution in [0.2, 0.25) is 5.02 Å². The van der Waals surface area contributed by atoms with Gasteiger partial charge in [0.15, 0.2) is 5.13 Å². The number of ether oxygens (including phenoxy) is 2. The van der Waals surface area contributed by atoms with Crippen molar-refractivity contribution in [2.45, 2.75) is 46.6 Å². The number of halogens is 1. The fraction of sp³-hybridized carbons (Fsp3) is 0.355. The van der Waals surface area contributed by atoms with Crippen molar-refractivity contribution in [1.82, 2.24) is 14.9 Å². The van der Waals surface area contributed by atoms with Crippen LogP contribution in [0.15, 0.2) is 48.0 Å². The number of benzene rings is 1. The van der Waals surface area contributed by atoms with Gasteiger partial charge in [0.05, 0.1) is 17.3 Å². The molecule has 4 rings (SSSR count). The van der Waals surface area contributed by atoms with Crippen molar-refractivity contribution in [3.05, 3.63) is 63.4 Å². The standard InChI is InChI=1S/C31H35ClN4O5S2/c1-18(2)14-25-26(19-9-10-23(22(32)16-19)40-12-11-36(6)30(39)41-31(3,4)5)34-29(43-25)35-27-21(28(37)38)15-20(17-33-27)24-8-7-13-42-24/h7-10,13,15-18H,11-12,14H2,1-6H3,(H,37,38)(H,33,34,35). The fourth-order valence-corrected chi connectivity index (χ4v) is 6.17. The molecule has 43 heavy (non-hydrogen) atoms. The van der Waals surface area contributed by atoms with Crippen LogP contribution in [0.3, 0.4) is 0 Å². The number of carbonyl (C=O) groups excluding carboxylic acids is 1. The lowest BCUT2D eigenvalue weighted by atomic mass is 10.0. The number of pyridine rings is 1. The van der Waals surface area contributed by atoms with Crippen molar-refractivity contribution in [3.8, 4) is 27.4 Å². The summed E-state index contributed by atoms with van der Waals surface area (Å²) in [6, 6.07) is 10.9. The molecule has 0 bridgehead atoms. The molecule has 0 atom stereocenters. The predicted octanol–water partition coefficient (Wildman–Crippen LogP) is 8.47. The molecule has 3 heterocycles. The molecule has 0 saturated heterocycles. The summed E-state index contributed by atoms with van der Waals surface area (Å²) in [6.07, 6.45) is 2.01. The van der Waals surface area contributed by atoms with E-state index in [1.165, 1.54) is 27.6 Å². The van der Waals surface area contributed by atoms with Gasteiger partial charge < -0.3 is 24.8 Å². The lowest BCUT2D eigenvalue weighted by Crippen LogP contribution is -2.36. The number of hydrogen-bond acceptors (Lipinski definition) is 9. The molecular weight excluding hydrogens is 608 g/mol. The number of carboxylic acid groups (broad SMARTS) is 1. The van der Waals surface area contributed by atoms with Crippen molar-refractivity contribution < 1.29 is 24.2 Å². The van der Waals surface area contributed by atoms with Crippen LogP contribution in [-0.4, -0.2) is 57.8 Å². The molecule has 4 aromatic rings. The maximum atomic E-state index is 12.2. The molecule has 0 saturated carbocycles. The van der Waals surface area contributed by atoms with E-state index in [0.717, 1.165) is 33.0 Å². The molecular formula is C31H35ClN4O5S2. The maximum absolute atomic E-state index is 12.2. The quantitative estimate of drug-likeness (QED) is 0.167. The average Bonchev–Trinajstić information content (AvgIpc) is 3.59. The highest BCUT2D eigenvalue weighted by atomic mass is 35.5. The van der Waals surface area contributed by atoms with E-state index in [9.17, 15) is 14.7 Å². The molecule has 1 aromatic carbocycles. The maximum Gasteiger partial charge on any atom is 0.410 e. The first-order valence-electron chi connectivity index (χ1n) is 13.7. The van der Waals surface area contributed by atoms with Crippen LogP contribution >= 0.6 is 34.3 Å². The third-order valence-corrected chi connectivity index (χ3v) is 8.24. The first-order chi connectivity index (χ1) is 20.3. The summed E-state index contributed by atoms with van der Waals surface area (Å²) in [5.41, 5.74) is 1.80. The summed E-state index contributed by atoms with van der Waals surface area (Å²) in [7, 11) is 1.65. The molecule has 3 aromatic heterocycles. The monoisotopic (exact) mass is 642 g/mol. The zero-order valence-electron chi connectivity index (χ0n) is 24.9. The minimum Gasteiger partial charge on any atom is -0.490 e. The Labute approximate surface area is 264 Å². The molecule has 1 amide bonds. The lowest BCUT2D eigenvalue weighted by Gasteiger charge is -2.24. The highest BCUT2D eigenvalue weighted by Crippen LogP contribution is 2.38. The second-order valence-electron chi connectivity index (χ2n) is 11.3. The number of hydrogen-bond donors (Lipinski definition) is 2. The number of amides is 1. The first kappa shape index (κ1) is 32.2. The molecule has 0 aliphatic carbocycles. The van der Waals surface area contributed by atoms with Gasteiger partial charge in [-0.3, -0.25) is 0 Å². The van der Waals surface area contributed by atoms with Crippen LogP contribution in [0.4, 0.5) is 15.7 Å². The SMILES string of the molecule is CC(C)Cc1sc(Nc2ncc(-c3cccs3)cc2C(=O)O)nc1-c1ccc(OCCN(C)C(=O)OC(C)(C)C)c(Cl)c1. The van der Waals surface area contributed by atoms with Gasteiger partial charge >= 0.3 is 12.1 Å². The lowest BCUT2D eigenvalue weighted by molar-refractivity contribution is 0.0278. The minimum absolute atomic E-state index is 0.0647. The Hall–Kier alpha value is -3.67. The number of aromatic carboxylic acids is 1. The predicted molar refractivity (Wildman–Crippen MR) is 173 cm³/mol. The van der Waals surface area contributed by atoms with Gasteiger partial charge in [0.25, 0.3) is 0 Å². The van der Waals surface area contributed by atoms with Gasteiger partial charge in [-0.25, -0.2) is 19.6 Å². The van der Waals surface area contributed by atoms with E-state index in [-0.39, 0.29) is 18.0 Å². The number of carbonyl (C=O) groups is 2. The van der Waals surface area contributed by atoms with Gasteiger partial charge in [-0.05, 0) is 68.8 Å². The van der Waals surface area contributed by atoms with Crippen LogP contribution < -0.4 is 10.1 Å². The number of likely N-dealkylation sites (N-methyl/N-ethyl adjacent to an activating group) is 1. The van der Waals surface area contributed by atoms with E-state index in [0.29, 0.717) is 28.4 Å². The van der Waals surface area contributed by atoms with Gasteiger partial charge in [0.1, 0.15) is 29.3 Å². The average molecular weight is 643 g/mol. The number of nitrogens with one attached hydrogen (secondary N) is 1. The molecule has 12 heteroatoms. The zero-order chi connectivity index (χ0) is 31.3. The second-order valence-corrected chi connectivity index (χ2v) is 13.8. The van der Waals surface area contributed by atoms with E-state index >= 15 is 0 Å². The van der Waals surface area contributed by atoms with Gasteiger partial charge in [-0.1, -0.05) is 31.5 Å². The molecule has 0 radical (unpaired) electrons. The van der Waals surface area contributed by atoms with Crippen LogP contribution in [-0.2, 0) is 11.2 Å². The largest absolute Gasteiger partial charge is 0.490 e. The van der Waals surface area contributed by atoms with E-state index < -0.39 is 17.7 Å². The summed E-state index contributed by atoms with van der Waals surface area (Å²) in [4.78, 5) is 37.0. The highest BCUT2D eigenvalue weighted by Gasteiger charge is 2.21. The van der Waals surface area contributed by atoms with E-state index in [1.54, 1.807) is 31.4 Å². The van der Waals surface area contributed by atoms with Crippen molar-refractivity contribution in [1.29, 1.82) is 0 Å². The number of aromatic nitrogens is 2. The number of anilines is 2. The van der Waals surface area contributed by atoms with Crippen molar-refractivity contribution in [2.24, 2.45) is 5.92 Å². The molecule has 0 unspecified atom stereocenters. The Morgan fingerprint density at radius 2 is 1.93 bits per heavy atom. The van der Waals surface area contributed by atoms with Crippen molar-refractivity contribution >= 4 is 57.3 Å². The van der Waals surface area contributed by atoms with Crippen LogP contribution in [0.25, 0.3) is 21.7 Å². The molecule has 0 aliphatic heterocycles. The van der Waals surface area contributed by atoms with Gasteiger partial charge in [0.2, 0.25) is 0 Å². The Balaban J connectivity index is 1.52.